The zero-order valence-corrected chi connectivity index (χ0v) is 14.5. The molecule has 8 heteroatoms. The van der Waals surface area contributed by atoms with E-state index in [2.05, 4.69) is 5.32 Å². The average molecular weight is 366 g/mol. The molecular formula is C14H17Cl2NO4S. The number of carbonyl (C=O) groups is 2. The summed E-state index contributed by atoms with van der Waals surface area (Å²) in [4.78, 5) is 22.1. The lowest BCUT2D eigenvalue weighted by atomic mass is 10.2. The lowest BCUT2D eigenvalue weighted by molar-refractivity contribution is -0.133. The van der Waals surface area contributed by atoms with Crippen molar-refractivity contribution in [1.29, 1.82) is 0 Å². The predicted octanol–water partition coefficient (Wildman–Crippen LogP) is 3.78. The van der Waals surface area contributed by atoms with E-state index in [1.165, 1.54) is 6.07 Å². The van der Waals surface area contributed by atoms with Crippen molar-refractivity contribution in [2.75, 3.05) is 23.4 Å². The average Bonchev–Trinajstić information content (AvgIpc) is 2.39. The first-order chi connectivity index (χ1) is 10.3. The minimum atomic E-state index is -0.966. The molecule has 0 bridgehead atoms. The van der Waals surface area contributed by atoms with Crippen LogP contribution in [0.4, 0.5) is 5.69 Å². The third-order valence-electron chi connectivity index (χ3n) is 2.33. The maximum Gasteiger partial charge on any atom is 0.313 e. The number of ether oxygens (including phenoxy) is 1. The van der Waals surface area contributed by atoms with E-state index in [0.29, 0.717) is 34.0 Å². The Morgan fingerprint density at radius 3 is 2.55 bits per heavy atom. The number of hydrogen-bond acceptors (Lipinski definition) is 4. The van der Waals surface area contributed by atoms with Gasteiger partial charge in [0.2, 0.25) is 5.91 Å². The van der Waals surface area contributed by atoms with Crippen LogP contribution in [0.25, 0.3) is 0 Å². The maximum atomic E-state index is 11.8. The van der Waals surface area contributed by atoms with Gasteiger partial charge in [0, 0.05) is 6.07 Å². The fraction of sp³-hybridized carbons (Fsp3) is 0.429. The van der Waals surface area contributed by atoms with Gasteiger partial charge in [-0.2, -0.15) is 0 Å². The van der Waals surface area contributed by atoms with Gasteiger partial charge in [-0.3, -0.25) is 9.59 Å². The van der Waals surface area contributed by atoms with E-state index in [-0.39, 0.29) is 17.4 Å². The zero-order chi connectivity index (χ0) is 16.7. The second kappa shape index (κ2) is 9.12. The Morgan fingerprint density at radius 2 is 1.95 bits per heavy atom. The van der Waals surface area contributed by atoms with Crippen LogP contribution in [0.1, 0.15) is 13.8 Å². The summed E-state index contributed by atoms with van der Waals surface area (Å²) in [6.07, 6.45) is 0. The van der Waals surface area contributed by atoms with E-state index in [0.717, 1.165) is 11.8 Å². The van der Waals surface area contributed by atoms with E-state index < -0.39 is 5.97 Å². The first-order valence-electron chi connectivity index (χ1n) is 6.50. The van der Waals surface area contributed by atoms with Crippen molar-refractivity contribution < 1.29 is 19.4 Å². The summed E-state index contributed by atoms with van der Waals surface area (Å²) in [5.41, 5.74) is 0.380. The lowest BCUT2D eigenvalue weighted by Gasteiger charge is -2.13. The molecule has 1 aromatic carbocycles. The van der Waals surface area contributed by atoms with Crippen LogP contribution in [-0.4, -0.2) is 35.1 Å². The molecule has 1 rings (SSSR count). The Morgan fingerprint density at radius 1 is 1.27 bits per heavy atom. The highest BCUT2D eigenvalue weighted by atomic mass is 35.5. The van der Waals surface area contributed by atoms with Crippen LogP contribution in [-0.2, 0) is 9.59 Å². The molecule has 0 saturated heterocycles. The largest absolute Gasteiger partial charge is 0.492 e. The van der Waals surface area contributed by atoms with Gasteiger partial charge in [0.25, 0.3) is 0 Å². The third kappa shape index (κ3) is 6.77. The topological polar surface area (TPSA) is 75.6 Å². The Bertz CT molecular complexity index is 552. The van der Waals surface area contributed by atoms with Gasteiger partial charge in [-0.15, -0.1) is 11.8 Å². The smallest absolute Gasteiger partial charge is 0.313 e. The van der Waals surface area contributed by atoms with E-state index >= 15 is 0 Å². The molecule has 0 atom stereocenters. The summed E-state index contributed by atoms with van der Waals surface area (Å²) < 4.78 is 5.56. The fourth-order valence-electron chi connectivity index (χ4n) is 1.41. The van der Waals surface area contributed by atoms with Gasteiger partial charge in [-0.1, -0.05) is 37.0 Å². The van der Waals surface area contributed by atoms with Crippen LogP contribution in [0.15, 0.2) is 12.1 Å². The lowest BCUT2D eigenvalue weighted by Crippen LogP contribution is -2.16. The molecule has 1 amide bonds. The number of aliphatic carboxylic acids is 1. The van der Waals surface area contributed by atoms with E-state index in [1.54, 1.807) is 6.07 Å². The highest BCUT2D eigenvalue weighted by Gasteiger charge is 2.12. The molecule has 0 fully saturated rings. The molecule has 0 aliphatic carbocycles. The van der Waals surface area contributed by atoms with E-state index in [1.807, 2.05) is 13.8 Å². The molecule has 0 aliphatic rings. The van der Waals surface area contributed by atoms with Crippen LogP contribution in [0.3, 0.4) is 0 Å². The molecule has 5 nitrogen and oxygen atoms in total. The first kappa shape index (κ1) is 18.9. The Hall–Kier alpha value is -1.11. The molecule has 0 aromatic heterocycles. The Kier molecular flexibility index (Phi) is 7.85. The molecule has 1 aromatic rings. The molecule has 22 heavy (non-hydrogen) atoms. The van der Waals surface area contributed by atoms with Crippen molar-refractivity contribution in [3.63, 3.8) is 0 Å². The molecule has 0 spiro atoms. The monoisotopic (exact) mass is 365 g/mol. The number of nitrogens with one attached hydrogen (secondary N) is 1. The second-order valence-corrected chi connectivity index (χ2v) is 6.70. The number of rotatable bonds is 8. The van der Waals surface area contributed by atoms with Gasteiger partial charge in [0.1, 0.15) is 5.75 Å². The standard InChI is InChI=1S/C14H17Cl2NO4S/c1-8(2)5-21-12-4-11(9(15)3-10(12)16)17-13(18)6-22-7-14(19)20/h3-4,8H,5-7H2,1-2H3,(H,17,18)(H,19,20). The zero-order valence-electron chi connectivity index (χ0n) is 12.2. The number of carboxylic acids is 1. The molecule has 0 aliphatic heterocycles. The molecule has 122 valence electrons. The van der Waals surface area contributed by atoms with Gasteiger partial charge in [0.05, 0.1) is 33.8 Å². The minimum absolute atomic E-state index is 0.0213. The summed E-state index contributed by atoms with van der Waals surface area (Å²) in [6, 6.07) is 3.06. The number of thioether (sulfide) groups is 1. The van der Waals surface area contributed by atoms with Gasteiger partial charge in [0.15, 0.2) is 0 Å². The van der Waals surface area contributed by atoms with Crippen molar-refractivity contribution >= 4 is 52.5 Å². The van der Waals surface area contributed by atoms with Crippen molar-refractivity contribution in [1.82, 2.24) is 0 Å². The van der Waals surface area contributed by atoms with E-state index in [4.69, 9.17) is 33.0 Å². The molecule has 0 radical (unpaired) electrons. The number of carbonyl (C=O) groups excluding carboxylic acids is 1. The van der Waals surface area contributed by atoms with E-state index in [9.17, 15) is 9.59 Å². The quantitative estimate of drug-likeness (QED) is 0.732. The molecule has 0 saturated carbocycles. The number of anilines is 1. The van der Waals surface area contributed by atoms with Crippen LogP contribution >= 0.6 is 35.0 Å². The first-order valence-corrected chi connectivity index (χ1v) is 8.42. The van der Waals surface area contributed by atoms with Crippen LogP contribution in [0.2, 0.25) is 10.0 Å². The van der Waals surface area contributed by atoms with Crippen molar-refractivity contribution in [3.05, 3.63) is 22.2 Å². The predicted molar refractivity (Wildman–Crippen MR) is 90.4 cm³/mol. The summed E-state index contributed by atoms with van der Waals surface area (Å²) in [5.74, 6) is -0.653. The normalized spacial score (nSPS) is 10.6. The number of hydrogen-bond donors (Lipinski definition) is 2. The summed E-state index contributed by atoms with van der Waals surface area (Å²) >= 11 is 13.1. The van der Waals surface area contributed by atoms with Crippen LogP contribution in [0.5, 0.6) is 5.75 Å². The van der Waals surface area contributed by atoms with Crippen molar-refractivity contribution in [2.45, 2.75) is 13.8 Å². The van der Waals surface area contributed by atoms with Crippen LogP contribution in [0, 0.1) is 5.92 Å². The number of benzene rings is 1. The molecule has 0 heterocycles. The number of halogens is 2. The van der Waals surface area contributed by atoms with Gasteiger partial charge in [-0.05, 0) is 12.0 Å². The van der Waals surface area contributed by atoms with Gasteiger partial charge >= 0.3 is 5.97 Å². The molecular weight excluding hydrogens is 349 g/mol. The third-order valence-corrected chi connectivity index (χ3v) is 3.85. The molecule has 2 N–H and O–H groups in total. The van der Waals surface area contributed by atoms with Gasteiger partial charge < -0.3 is 15.2 Å². The summed E-state index contributed by atoms with van der Waals surface area (Å²) in [6.45, 7) is 4.50. The maximum absolute atomic E-state index is 11.8. The Labute approximate surface area is 143 Å². The minimum Gasteiger partial charge on any atom is -0.492 e. The van der Waals surface area contributed by atoms with Crippen molar-refractivity contribution in [2.24, 2.45) is 5.92 Å². The molecule has 0 unspecified atom stereocenters. The summed E-state index contributed by atoms with van der Waals surface area (Å²) in [5, 5.41) is 11.8. The van der Waals surface area contributed by atoms with Crippen molar-refractivity contribution in [3.8, 4) is 5.75 Å². The number of amides is 1. The highest BCUT2D eigenvalue weighted by Crippen LogP contribution is 2.34. The summed E-state index contributed by atoms with van der Waals surface area (Å²) in [7, 11) is 0. The SMILES string of the molecule is CC(C)COc1cc(NC(=O)CSCC(=O)O)c(Cl)cc1Cl. The number of carboxylic acid groups (broad SMARTS) is 1. The fourth-order valence-corrected chi connectivity index (χ4v) is 2.43. The highest BCUT2D eigenvalue weighted by molar-refractivity contribution is 8.00. The second-order valence-electron chi connectivity index (χ2n) is 4.90. The Balaban J connectivity index is 2.70. The van der Waals surface area contributed by atoms with Crippen LogP contribution < -0.4 is 10.1 Å². The van der Waals surface area contributed by atoms with Gasteiger partial charge in [-0.25, -0.2) is 0 Å².